The van der Waals surface area contributed by atoms with Gasteiger partial charge in [-0.2, -0.15) is 0 Å². The van der Waals surface area contributed by atoms with Crippen molar-refractivity contribution in [2.75, 3.05) is 14.2 Å². The van der Waals surface area contributed by atoms with Crippen molar-refractivity contribution in [1.82, 2.24) is 10.4 Å². The average molecular weight is 238 g/mol. The molecule has 0 spiro atoms. The molecular weight excluding hydrogens is 224 g/mol. The summed E-state index contributed by atoms with van der Waals surface area (Å²) in [5.74, 6) is -0.259. The van der Waals surface area contributed by atoms with E-state index in [1.165, 1.54) is 14.2 Å². The van der Waals surface area contributed by atoms with Gasteiger partial charge in [0.25, 0.3) is 5.91 Å². The minimum absolute atomic E-state index is 0.212. The van der Waals surface area contributed by atoms with Crippen molar-refractivity contribution in [1.29, 1.82) is 0 Å². The summed E-state index contributed by atoms with van der Waals surface area (Å²) in [5, 5.41) is 11.8. The van der Waals surface area contributed by atoms with Crippen LogP contribution in [-0.2, 0) is 11.4 Å². The van der Waals surface area contributed by atoms with Crippen LogP contribution in [0.15, 0.2) is 24.3 Å². The van der Waals surface area contributed by atoms with Gasteiger partial charge in [-0.05, 0) is 17.7 Å². The summed E-state index contributed by atoms with van der Waals surface area (Å²) in [7, 11) is 2.92. The van der Waals surface area contributed by atoms with Crippen molar-refractivity contribution in [2.24, 2.45) is 0 Å². The van der Waals surface area contributed by atoms with Crippen LogP contribution in [0, 0.1) is 0 Å². The van der Waals surface area contributed by atoms with Crippen LogP contribution >= 0.6 is 0 Å². The zero-order valence-electron chi connectivity index (χ0n) is 9.64. The summed E-state index contributed by atoms with van der Waals surface area (Å²) < 4.78 is 0. The van der Waals surface area contributed by atoms with Crippen molar-refractivity contribution < 1.29 is 19.5 Å². The molecule has 0 atom stereocenters. The Morgan fingerprint density at radius 1 is 1.35 bits per heavy atom. The number of nitrogens with one attached hydrogen (secondary N) is 1. The molecule has 0 aliphatic rings. The van der Waals surface area contributed by atoms with Crippen LogP contribution in [0.5, 0.6) is 0 Å². The first-order chi connectivity index (χ1) is 8.04. The first-order valence-electron chi connectivity index (χ1n) is 4.92. The zero-order valence-corrected chi connectivity index (χ0v) is 9.64. The molecule has 0 aromatic heterocycles. The van der Waals surface area contributed by atoms with E-state index in [-0.39, 0.29) is 12.5 Å². The van der Waals surface area contributed by atoms with E-state index in [1.54, 1.807) is 24.3 Å². The lowest BCUT2D eigenvalue weighted by molar-refractivity contribution is -0.0757. The van der Waals surface area contributed by atoms with E-state index in [4.69, 9.17) is 9.94 Å². The number of benzene rings is 1. The summed E-state index contributed by atoms with van der Waals surface area (Å²) >= 11 is 0. The Labute approximate surface area is 98.8 Å². The molecule has 2 amide bonds. The molecule has 0 unspecified atom stereocenters. The Morgan fingerprint density at radius 2 is 1.94 bits per heavy atom. The second-order valence-corrected chi connectivity index (χ2v) is 3.34. The average Bonchev–Trinajstić information content (AvgIpc) is 2.35. The Bertz CT molecular complexity index is 402. The zero-order chi connectivity index (χ0) is 12.8. The van der Waals surface area contributed by atoms with Gasteiger partial charge in [0.15, 0.2) is 0 Å². The van der Waals surface area contributed by atoms with Crippen molar-refractivity contribution in [2.45, 2.75) is 6.54 Å². The molecule has 6 heteroatoms. The van der Waals surface area contributed by atoms with Gasteiger partial charge >= 0.3 is 6.09 Å². The first-order valence-corrected chi connectivity index (χ1v) is 4.92. The van der Waals surface area contributed by atoms with Crippen LogP contribution in [0.4, 0.5) is 4.79 Å². The molecule has 6 nitrogen and oxygen atoms in total. The van der Waals surface area contributed by atoms with Crippen molar-refractivity contribution in [3.8, 4) is 0 Å². The highest BCUT2D eigenvalue weighted by atomic mass is 16.7. The molecule has 2 N–H and O–H groups in total. The second kappa shape index (κ2) is 5.86. The van der Waals surface area contributed by atoms with Crippen molar-refractivity contribution in [3.05, 3.63) is 35.4 Å². The highest BCUT2D eigenvalue weighted by molar-refractivity contribution is 5.93. The molecule has 0 aliphatic heterocycles. The third kappa shape index (κ3) is 3.76. The molecular formula is C11H14N2O4. The third-order valence-electron chi connectivity index (χ3n) is 2.20. The Balaban J connectivity index is 2.67. The molecule has 1 aromatic rings. The van der Waals surface area contributed by atoms with E-state index in [1.807, 2.05) is 0 Å². The Morgan fingerprint density at radius 3 is 2.41 bits per heavy atom. The van der Waals surface area contributed by atoms with E-state index < -0.39 is 6.09 Å². The molecule has 1 rings (SSSR count). The predicted octanol–water partition coefficient (Wildman–Crippen LogP) is 1.09. The third-order valence-corrected chi connectivity index (χ3v) is 2.20. The number of rotatable bonds is 4. The van der Waals surface area contributed by atoms with E-state index >= 15 is 0 Å². The number of carbonyl (C=O) groups excluding carboxylic acids is 1. The van der Waals surface area contributed by atoms with Gasteiger partial charge in [0.2, 0.25) is 0 Å². The Hall–Kier alpha value is -2.08. The lowest BCUT2D eigenvalue weighted by Gasteiger charge is -2.13. The van der Waals surface area contributed by atoms with E-state index in [9.17, 15) is 9.59 Å². The fourth-order valence-electron chi connectivity index (χ4n) is 1.21. The van der Waals surface area contributed by atoms with Crippen LogP contribution in [0.2, 0.25) is 0 Å². The number of hydroxylamine groups is 2. The quantitative estimate of drug-likeness (QED) is 0.769. The predicted molar refractivity (Wildman–Crippen MR) is 60.4 cm³/mol. The maximum absolute atomic E-state index is 11.6. The first kappa shape index (κ1) is 13.0. The number of carboxylic acid groups (broad SMARTS) is 1. The number of hydrogen-bond donors (Lipinski definition) is 2. The number of amides is 2. The highest BCUT2D eigenvalue weighted by Gasteiger charge is 2.10. The van der Waals surface area contributed by atoms with Crippen LogP contribution in [-0.4, -0.2) is 36.3 Å². The van der Waals surface area contributed by atoms with Gasteiger partial charge in [-0.1, -0.05) is 12.1 Å². The topological polar surface area (TPSA) is 78.9 Å². The highest BCUT2D eigenvalue weighted by Crippen LogP contribution is 2.07. The summed E-state index contributed by atoms with van der Waals surface area (Å²) in [6.45, 7) is 0.212. The number of hydrogen-bond acceptors (Lipinski definition) is 3. The monoisotopic (exact) mass is 238 g/mol. The van der Waals surface area contributed by atoms with Gasteiger partial charge in [-0.15, -0.1) is 0 Å². The molecule has 0 heterocycles. The smallest absolute Gasteiger partial charge is 0.404 e. The van der Waals surface area contributed by atoms with Crippen LogP contribution in [0.3, 0.4) is 0 Å². The largest absolute Gasteiger partial charge is 0.465 e. The molecule has 1 aromatic carbocycles. The normalized spacial score (nSPS) is 9.76. The second-order valence-electron chi connectivity index (χ2n) is 3.34. The van der Waals surface area contributed by atoms with Crippen molar-refractivity contribution >= 4 is 12.0 Å². The molecule has 0 aliphatic carbocycles. The standard InChI is InChI=1S/C11H14N2O4/c1-13(17-2)10(14)9-5-3-8(4-6-9)7-12-11(15)16/h3-6,12H,7H2,1-2H3,(H,15,16). The summed E-state index contributed by atoms with van der Waals surface area (Å²) in [5.41, 5.74) is 1.26. The number of nitrogens with zero attached hydrogens (tertiary/aromatic N) is 1. The fraction of sp³-hybridized carbons (Fsp3) is 0.273. The van der Waals surface area contributed by atoms with Crippen LogP contribution < -0.4 is 5.32 Å². The van der Waals surface area contributed by atoms with Gasteiger partial charge in [0.05, 0.1) is 7.11 Å². The van der Waals surface area contributed by atoms with E-state index in [0.29, 0.717) is 5.56 Å². The number of carbonyl (C=O) groups is 2. The summed E-state index contributed by atoms with van der Waals surface area (Å²) in [6, 6.07) is 6.62. The van der Waals surface area contributed by atoms with Gasteiger partial charge in [0, 0.05) is 19.2 Å². The Kier molecular flexibility index (Phi) is 4.47. The molecule has 0 fully saturated rings. The molecule has 17 heavy (non-hydrogen) atoms. The van der Waals surface area contributed by atoms with Gasteiger partial charge < -0.3 is 10.4 Å². The molecule has 0 saturated carbocycles. The van der Waals surface area contributed by atoms with Crippen LogP contribution in [0.1, 0.15) is 15.9 Å². The fourth-order valence-corrected chi connectivity index (χ4v) is 1.21. The lowest BCUT2D eigenvalue weighted by atomic mass is 10.1. The molecule has 0 bridgehead atoms. The summed E-state index contributed by atoms with van der Waals surface area (Å²) in [6.07, 6.45) is -1.08. The van der Waals surface area contributed by atoms with E-state index in [2.05, 4.69) is 5.32 Å². The van der Waals surface area contributed by atoms with Gasteiger partial charge in [0.1, 0.15) is 0 Å². The summed E-state index contributed by atoms with van der Waals surface area (Å²) in [4.78, 5) is 26.7. The maximum Gasteiger partial charge on any atom is 0.404 e. The molecule has 92 valence electrons. The lowest BCUT2D eigenvalue weighted by Crippen LogP contribution is -2.25. The van der Waals surface area contributed by atoms with E-state index in [0.717, 1.165) is 10.6 Å². The minimum Gasteiger partial charge on any atom is -0.465 e. The van der Waals surface area contributed by atoms with Crippen LogP contribution in [0.25, 0.3) is 0 Å². The van der Waals surface area contributed by atoms with Gasteiger partial charge in [-0.3, -0.25) is 9.63 Å². The minimum atomic E-state index is -1.08. The maximum atomic E-state index is 11.6. The SMILES string of the molecule is CON(C)C(=O)c1ccc(CNC(=O)O)cc1. The molecule has 0 radical (unpaired) electrons. The molecule has 0 saturated heterocycles. The van der Waals surface area contributed by atoms with Gasteiger partial charge in [-0.25, -0.2) is 9.86 Å². The van der Waals surface area contributed by atoms with Crippen molar-refractivity contribution in [3.63, 3.8) is 0 Å².